The van der Waals surface area contributed by atoms with E-state index in [0.29, 0.717) is 17.9 Å². The highest BCUT2D eigenvalue weighted by atomic mass is 16.5. The van der Waals surface area contributed by atoms with Crippen molar-refractivity contribution >= 4 is 5.91 Å². The molecule has 0 unspecified atom stereocenters. The molecule has 1 N–H and O–H groups in total. The van der Waals surface area contributed by atoms with Crippen LogP contribution in [0.25, 0.3) is 0 Å². The summed E-state index contributed by atoms with van der Waals surface area (Å²) in [4.78, 5) is 12.4. The summed E-state index contributed by atoms with van der Waals surface area (Å²) >= 11 is 0. The Bertz CT molecular complexity index is 782. The zero-order chi connectivity index (χ0) is 17.1. The van der Waals surface area contributed by atoms with Gasteiger partial charge in [0.25, 0.3) is 5.91 Å². The first-order valence-electron chi connectivity index (χ1n) is 8.01. The minimum absolute atomic E-state index is 0.0826. The largest absolute Gasteiger partial charge is 0.496 e. The van der Waals surface area contributed by atoms with Crippen LogP contribution in [-0.4, -0.2) is 19.1 Å². The van der Waals surface area contributed by atoms with Crippen LogP contribution in [0.3, 0.4) is 0 Å². The van der Waals surface area contributed by atoms with Gasteiger partial charge in [0, 0.05) is 23.7 Å². The van der Waals surface area contributed by atoms with E-state index >= 15 is 0 Å². The van der Waals surface area contributed by atoms with E-state index in [1.54, 1.807) is 7.11 Å². The van der Waals surface area contributed by atoms with Crippen LogP contribution in [0.5, 0.6) is 11.5 Å². The topological polar surface area (TPSA) is 47.6 Å². The van der Waals surface area contributed by atoms with E-state index in [1.807, 2.05) is 62.4 Å². The predicted octanol–water partition coefficient (Wildman–Crippen LogP) is 3.46. The minimum Gasteiger partial charge on any atom is -0.496 e. The van der Waals surface area contributed by atoms with Gasteiger partial charge < -0.3 is 14.8 Å². The minimum atomic E-state index is -0.0826. The molecule has 1 amide bonds. The van der Waals surface area contributed by atoms with Crippen LogP contribution in [0.4, 0.5) is 0 Å². The van der Waals surface area contributed by atoms with Crippen LogP contribution in [-0.2, 0) is 11.3 Å². The van der Waals surface area contributed by atoms with Crippen molar-refractivity contribution in [3.8, 4) is 11.5 Å². The van der Waals surface area contributed by atoms with Crippen LogP contribution in [0, 0.1) is 0 Å². The Hall–Kier alpha value is -2.75. The lowest BCUT2D eigenvalue weighted by Gasteiger charge is -2.14. The summed E-state index contributed by atoms with van der Waals surface area (Å²) in [6.45, 7) is 4.35. The Morgan fingerprint density at radius 1 is 1.21 bits per heavy atom. The molecule has 24 heavy (non-hydrogen) atoms. The third-order valence-electron chi connectivity index (χ3n) is 3.88. The van der Waals surface area contributed by atoms with Gasteiger partial charge in [-0.25, -0.2) is 0 Å². The first-order valence-corrected chi connectivity index (χ1v) is 8.01. The number of fused-ring (bicyclic) bond motifs is 1. The molecule has 0 radical (unpaired) electrons. The first kappa shape index (κ1) is 16.1. The lowest BCUT2D eigenvalue weighted by molar-refractivity contribution is -0.117. The van der Waals surface area contributed by atoms with Crippen molar-refractivity contribution in [2.75, 3.05) is 7.11 Å². The summed E-state index contributed by atoms with van der Waals surface area (Å²) in [7, 11) is 1.62. The molecule has 0 saturated heterocycles. The normalized spacial score (nSPS) is 14.9. The van der Waals surface area contributed by atoms with Crippen molar-refractivity contribution < 1.29 is 14.3 Å². The summed E-state index contributed by atoms with van der Waals surface area (Å²) in [5.74, 6) is 1.38. The fourth-order valence-corrected chi connectivity index (χ4v) is 2.77. The van der Waals surface area contributed by atoms with E-state index in [2.05, 4.69) is 5.32 Å². The fourth-order valence-electron chi connectivity index (χ4n) is 2.77. The van der Waals surface area contributed by atoms with Crippen LogP contribution in [0.1, 0.15) is 19.4 Å². The maximum absolute atomic E-state index is 12.4. The highest BCUT2D eigenvalue weighted by Gasteiger charge is 2.20. The van der Waals surface area contributed by atoms with Gasteiger partial charge >= 0.3 is 0 Å². The molecule has 0 fully saturated rings. The second kappa shape index (κ2) is 6.79. The zero-order valence-electron chi connectivity index (χ0n) is 14.1. The van der Waals surface area contributed by atoms with Crippen molar-refractivity contribution in [1.82, 2.24) is 5.32 Å². The summed E-state index contributed by atoms with van der Waals surface area (Å²) in [6.07, 6.45) is 9.84. The van der Waals surface area contributed by atoms with Crippen LogP contribution in [0.2, 0.25) is 0 Å². The fraction of sp³-hybridized carbons (Fsp3) is 0.250. The summed E-state index contributed by atoms with van der Waals surface area (Å²) in [6, 6.07) is 5.65. The Labute approximate surface area is 142 Å². The summed E-state index contributed by atoms with van der Waals surface area (Å²) < 4.78 is 11.1. The van der Waals surface area contributed by atoms with Crippen molar-refractivity contribution in [3.05, 3.63) is 70.9 Å². The molecule has 0 heterocycles. The highest BCUT2D eigenvalue weighted by Crippen LogP contribution is 2.30. The highest BCUT2D eigenvalue weighted by molar-refractivity contribution is 6.00. The van der Waals surface area contributed by atoms with E-state index in [1.165, 1.54) is 0 Å². The molecule has 0 spiro atoms. The van der Waals surface area contributed by atoms with Crippen molar-refractivity contribution in [3.63, 3.8) is 0 Å². The molecule has 2 aliphatic rings. The van der Waals surface area contributed by atoms with Gasteiger partial charge in [-0.05, 0) is 43.2 Å². The van der Waals surface area contributed by atoms with Crippen LogP contribution < -0.4 is 14.8 Å². The number of carbonyl (C=O) groups excluding carboxylic acids is 1. The Kier molecular flexibility index (Phi) is 4.56. The molecule has 0 saturated carbocycles. The molecule has 124 valence electrons. The first-order chi connectivity index (χ1) is 11.6. The number of hydrogen-bond donors (Lipinski definition) is 1. The molecule has 4 heteroatoms. The molecule has 2 aliphatic carbocycles. The standard InChI is InChI=1S/C20H21NO3/c1-13(2)24-16-9-7-15(19(11-16)23-3)12-21-20(22)18-10-8-14-5-4-6-17(14)18/h4-11,13H,12H2,1-3H3,(H,21,22). The number of rotatable bonds is 6. The third kappa shape index (κ3) is 3.27. The van der Waals surface area contributed by atoms with Gasteiger partial charge in [0.1, 0.15) is 11.5 Å². The predicted molar refractivity (Wildman–Crippen MR) is 94.0 cm³/mol. The van der Waals surface area contributed by atoms with Gasteiger partial charge in [-0.2, -0.15) is 0 Å². The average Bonchev–Trinajstić information content (AvgIpc) is 3.15. The van der Waals surface area contributed by atoms with Crippen molar-refractivity contribution in [1.29, 1.82) is 0 Å². The maximum atomic E-state index is 12.4. The van der Waals surface area contributed by atoms with Gasteiger partial charge in [-0.3, -0.25) is 4.79 Å². The Morgan fingerprint density at radius 3 is 2.79 bits per heavy atom. The number of methoxy groups -OCH3 is 1. The lowest BCUT2D eigenvalue weighted by atomic mass is 10.1. The molecule has 4 nitrogen and oxygen atoms in total. The second-order valence-corrected chi connectivity index (χ2v) is 5.96. The van der Waals surface area contributed by atoms with Crippen LogP contribution in [0.15, 0.2) is 65.3 Å². The number of carbonyl (C=O) groups is 1. The van der Waals surface area contributed by atoms with Gasteiger partial charge in [0.2, 0.25) is 0 Å². The number of benzene rings is 1. The van der Waals surface area contributed by atoms with E-state index < -0.39 is 0 Å². The van der Waals surface area contributed by atoms with E-state index in [0.717, 1.165) is 22.5 Å². The van der Waals surface area contributed by atoms with Gasteiger partial charge in [-0.1, -0.05) is 24.3 Å². The van der Waals surface area contributed by atoms with E-state index in [-0.39, 0.29) is 12.0 Å². The SMILES string of the molecule is COc1cc(OC(C)C)ccc1CNC(=O)C1=C2C=CC=C2C=C1. The monoisotopic (exact) mass is 323 g/mol. The number of amides is 1. The van der Waals surface area contributed by atoms with E-state index in [9.17, 15) is 4.79 Å². The van der Waals surface area contributed by atoms with Gasteiger partial charge in [-0.15, -0.1) is 0 Å². The number of allylic oxidation sites excluding steroid dienone is 6. The molecular formula is C20H21NO3. The molecular weight excluding hydrogens is 302 g/mol. The zero-order valence-corrected chi connectivity index (χ0v) is 14.1. The smallest absolute Gasteiger partial charge is 0.252 e. The third-order valence-corrected chi connectivity index (χ3v) is 3.88. The second-order valence-electron chi connectivity index (χ2n) is 5.96. The van der Waals surface area contributed by atoms with Crippen LogP contribution >= 0.6 is 0 Å². The maximum Gasteiger partial charge on any atom is 0.252 e. The lowest BCUT2D eigenvalue weighted by Crippen LogP contribution is -2.24. The summed E-state index contributed by atoms with van der Waals surface area (Å²) in [5.41, 5.74) is 3.69. The molecule has 0 aromatic heterocycles. The molecule has 0 aliphatic heterocycles. The number of nitrogens with one attached hydrogen (secondary N) is 1. The Morgan fingerprint density at radius 2 is 2.04 bits per heavy atom. The van der Waals surface area contributed by atoms with Crippen molar-refractivity contribution in [2.24, 2.45) is 0 Å². The van der Waals surface area contributed by atoms with Crippen molar-refractivity contribution in [2.45, 2.75) is 26.5 Å². The molecule has 0 atom stereocenters. The molecule has 1 aromatic carbocycles. The van der Waals surface area contributed by atoms with Gasteiger partial charge in [0.05, 0.1) is 13.2 Å². The summed E-state index contributed by atoms with van der Waals surface area (Å²) in [5, 5.41) is 2.96. The quantitative estimate of drug-likeness (QED) is 0.872. The number of hydrogen-bond acceptors (Lipinski definition) is 3. The average molecular weight is 323 g/mol. The Balaban J connectivity index is 1.69. The molecule has 0 bridgehead atoms. The molecule has 3 rings (SSSR count). The van der Waals surface area contributed by atoms with E-state index in [4.69, 9.17) is 9.47 Å². The van der Waals surface area contributed by atoms with Gasteiger partial charge in [0.15, 0.2) is 0 Å². The number of ether oxygens (including phenoxy) is 2. The molecule has 1 aromatic rings.